The van der Waals surface area contributed by atoms with Gasteiger partial charge in [-0.15, -0.1) is 0 Å². The lowest BCUT2D eigenvalue weighted by molar-refractivity contribution is -0.125. The highest BCUT2D eigenvalue weighted by atomic mass is 35.5. The SMILES string of the molecule is Cc1ccc2c(c1)N(C(=O)CCC(=O)NCc1ccccc1Cl)CCO2. The molecule has 2 aromatic carbocycles. The van der Waals surface area contributed by atoms with Crippen molar-refractivity contribution in [1.82, 2.24) is 5.32 Å². The predicted molar refractivity (Wildman–Crippen MR) is 102 cm³/mol. The smallest absolute Gasteiger partial charge is 0.227 e. The number of halogens is 1. The number of hydrogen-bond donors (Lipinski definition) is 1. The van der Waals surface area contributed by atoms with Crippen LogP contribution in [0.25, 0.3) is 0 Å². The molecule has 1 aliphatic heterocycles. The van der Waals surface area contributed by atoms with Crippen molar-refractivity contribution in [2.24, 2.45) is 0 Å². The van der Waals surface area contributed by atoms with E-state index in [-0.39, 0.29) is 24.7 Å². The summed E-state index contributed by atoms with van der Waals surface area (Å²) in [5.74, 6) is 0.461. The van der Waals surface area contributed by atoms with E-state index in [4.69, 9.17) is 16.3 Å². The van der Waals surface area contributed by atoms with Crippen LogP contribution in [-0.2, 0) is 16.1 Å². The Bertz CT molecular complexity index is 822. The van der Waals surface area contributed by atoms with Crippen molar-refractivity contribution in [3.05, 3.63) is 58.6 Å². The van der Waals surface area contributed by atoms with Crippen LogP contribution in [0.3, 0.4) is 0 Å². The number of carbonyl (C=O) groups excluding carboxylic acids is 2. The van der Waals surface area contributed by atoms with E-state index in [1.54, 1.807) is 11.0 Å². The van der Waals surface area contributed by atoms with Gasteiger partial charge in [0.2, 0.25) is 11.8 Å². The molecule has 0 spiro atoms. The maximum Gasteiger partial charge on any atom is 0.227 e. The largest absolute Gasteiger partial charge is 0.490 e. The zero-order chi connectivity index (χ0) is 18.5. The van der Waals surface area contributed by atoms with E-state index >= 15 is 0 Å². The van der Waals surface area contributed by atoms with Gasteiger partial charge in [-0.2, -0.15) is 0 Å². The quantitative estimate of drug-likeness (QED) is 0.874. The molecule has 2 aromatic rings. The molecule has 5 nitrogen and oxygen atoms in total. The Hall–Kier alpha value is -2.53. The number of fused-ring (bicyclic) bond motifs is 1. The van der Waals surface area contributed by atoms with Crippen LogP contribution in [0, 0.1) is 6.92 Å². The topological polar surface area (TPSA) is 58.6 Å². The summed E-state index contributed by atoms with van der Waals surface area (Å²) in [5, 5.41) is 3.42. The minimum absolute atomic E-state index is 0.0759. The minimum atomic E-state index is -0.170. The summed E-state index contributed by atoms with van der Waals surface area (Å²) in [6.07, 6.45) is 0.295. The van der Waals surface area contributed by atoms with Gasteiger partial charge in [-0.3, -0.25) is 9.59 Å². The van der Waals surface area contributed by atoms with Crippen LogP contribution in [0.4, 0.5) is 5.69 Å². The molecular weight excluding hydrogens is 352 g/mol. The molecule has 2 amide bonds. The van der Waals surface area contributed by atoms with Gasteiger partial charge in [0.05, 0.1) is 12.2 Å². The molecule has 0 aliphatic carbocycles. The molecule has 0 saturated carbocycles. The highest BCUT2D eigenvalue weighted by Gasteiger charge is 2.24. The van der Waals surface area contributed by atoms with E-state index in [0.717, 1.165) is 16.8 Å². The second-order valence-corrected chi connectivity index (χ2v) is 6.64. The lowest BCUT2D eigenvalue weighted by Crippen LogP contribution is -2.38. The van der Waals surface area contributed by atoms with E-state index < -0.39 is 0 Å². The fraction of sp³-hybridized carbons (Fsp3) is 0.300. The molecule has 0 unspecified atom stereocenters. The molecule has 6 heteroatoms. The Balaban J connectivity index is 1.54. The van der Waals surface area contributed by atoms with E-state index in [9.17, 15) is 9.59 Å². The van der Waals surface area contributed by atoms with Crippen molar-refractivity contribution in [3.63, 3.8) is 0 Å². The zero-order valence-corrected chi connectivity index (χ0v) is 15.4. The van der Waals surface area contributed by atoms with E-state index in [1.807, 2.05) is 43.3 Å². The number of rotatable bonds is 5. The molecular formula is C20H21ClN2O3. The molecule has 26 heavy (non-hydrogen) atoms. The molecule has 1 N–H and O–H groups in total. The fourth-order valence-electron chi connectivity index (χ4n) is 2.87. The van der Waals surface area contributed by atoms with Crippen LogP contribution in [0.2, 0.25) is 5.02 Å². The molecule has 0 bridgehead atoms. The third-order valence-corrected chi connectivity index (χ3v) is 4.65. The number of amides is 2. The second kappa shape index (κ2) is 8.23. The summed E-state index contributed by atoms with van der Waals surface area (Å²) in [6.45, 7) is 3.28. The van der Waals surface area contributed by atoms with Gasteiger partial charge in [0.1, 0.15) is 12.4 Å². The Labute approximate surface area is 157 Å². The van der Waals surface area contributed by atoms with Gasteiger partial charge in [0.15, 0.2) is 0 Å². The number of hydrogen-bond acceptors (Lipinski definition) is 3. The van der Waals surface area contributed by atoms with Crippen molar-refractivity contribution >= 4 is 29.1 Å². The average molecular weight is 373 g/mol. The van der Waals surface area contributed by atoms with Crippen LogP contribution in [0.15, 0.2) is 42.5 Å². The maximum absolute atomic E-state index is 12.6. The fourth-order valence-corrected chi connectivity index (χ4v) is 3.07. The van der Waals surface area contributed by atoms with Crippen LogP contribution in [-0.4, -0.2) is 25.0 Å². The molecule has 3 rings (SSSR count). The van der Waals surface area contributed by atoms with Gasteiger partial charge < -0.3 is 15.0 Å². The number of nitrogens with zero attached hydrogens (tertiary/aromatic N) is 1. The first-order valence-electron chi connectivity index (χ1n) is 8.58. The first kappa shape index (κ1) is 18.3. The highest BCUT2D eigenvalue weighted by Crippen LogP contribution is 2.32. The van der Waals surface area contributed by atoms with E-state index in [0.29, 0.717) is 30.5 Å². The van der Waals surface area contributed by atoms with Crippen LogP contribution < -0.4 is 15.0 Å². The Morgan fingerprint density at radius 1 is 1.19 bits per heavy atom. The Kier molecular flexibility index (Phi) is 5.78. The van der Waals surface area contributed by atoms with Gasteiger partial charge >= 0.3 is 0 Å². The van der Waals surface area contributed by atoms with E-state index in [1.165, 1.54) is 0 Å². The normalized spacial score (nSPS) is 12.9. The van der Waals surface area contributed by atoms with Crippen molar-refractivity contribution in [1.29, 1.82) is 0 Å². The molecule has 136 valence electrons. The summed E-state index contributed by atoms with van der Waals surface area (Å²) in [6, 6.07) is 13.1. The number of ether oxygens (including phenoxy) is 1. The molecule has 1 heterocycles. The van der Waals surface area contributed by atoms with Gasteiger partial charge in [-0.05, 0) is 36.2 Å². The number of nitrogens with one attached hydrogen (secondary N) is 1. The van der Waals surface area contributed by atoms with Crippen LogP contribution in [0.5, 0.6) is 5.75 Å². The second-order valence-electron chi connectivity index (χ2n) is 6.23. The molecule has 0 aromatic heterocycles. The first-order chi connectivity index (χ1) is 12.5. The van der Waals surface area contributed by atoms with Gasteiger partial charge in [-0.1, -0.05) is 35.9 Å². The molecule has 0 fully saturated rings. The highest BCUT2D eigenvalue weighted by molar-refractivity contribution is 6.31. The van der Waals surface area contributed by atoms with Gasteiger partial charge in [0, 0.05) is 24.4 Å². The van der Waals surface area contributed by atoms with Crippen molar-refractivity contribution in [2.45, 2.75) is 26.3 Å². The van der Waals surface area contributed by atoms with Gasteiger partial charge in [0.25, 0.3) is 0 Å². The van der Waals surface area contributed by atoms with Gasteiger partial charge in [-0.25, -0.2) is 0 Å². The van der Waals surface area contributed by atoms with E-state index in [2.05, 4.69) is 5.32 Å². The number of benzene rings is 2. The lowest BCUT2D eigenvalue weighted by atomic mass is 10.1. The summed E-state index contributed by atoms with van der Waals surface area (Å²) >= 11 is 6.07. The number of anilines is 1. The van der Waals surface area contributed by atoms with Crippen molar-refractivity contribution in [3.8, 4) is 5.75 Å². The third kappa shape index (κ3) is 4.35. The van der Waals surface area contributed by atoms with Crippen molar-refractivity contribution < 1.29 is 14.3 Å². The number of carbonyl (C=O) groups is 2. The summed E-state index contributed by atoms with van der Waals surface area (Å²) in [5.41, 5.74) is 2.69. The first-order valence-corrected chi connectivity index (χ1v) is 8.96. The summed E-state index contributed by atoms with van der Waals surface area (Å²) in [4.78, 5) is 26.3. The minimum Gasteiger partial charge on any atom is -0.490 e. The zero-order valence-electron chi connectivity index (χ0n) is 14.6. The monoisotopic (exact) mass is 372 g/mol. The third-order valence-electron chi connectivity index (χ3n) is 4.28. The predicted octanol–water partition coefficient (Wildman–Crippen LogP) is 3.47. The standard InChI is InChI=1S/C20H21ClN2O3/c1-14-6-7-18-17(12-14)23(10-11-26-18)20(25)9-8-19(24)22-13-15-4-2-3-5-16(15)21/h2-7,12H,8-11,13H2,1H3,(H,22,24). The Morgan fingerprint density at radius 3 is 2.81 bits per heavy atom. The van der Waals surface area contributed by atoms with Crippen LogP contribution in [0.1, 0.15) is 24.0 Å². The maximum atomic E-state index is 12.6. The molecule has 0 atom stereocenters. The van der Waals surface area contributed by atoms with Crippen LogP contribution >= 0.6 is 11.6 Å². The Morgan fingerprint density at radius 2 is 2.00 bits per heavy atom. The lowest BCUT2D eigenvalue weighted by Gasteiger charge is -2.30. The molecule has 0 saturated heterocycles. The summed E-state index contributed by atoms with van der Waals surface area (Å²) in [7, 11) is 0. The molecule has 0 radical (unpaired) electrons. The molecule has 1 aliphatic rings. The van der Waals surface area contributed by atoms with Crippen molar-refractivity contribution in [2.75, 3.05) is 18.1 Å². The summed E-state index contributed by atoms with van der Waals surface area (Å²) < 4.78 is 5.60. The number of aryl methyl sites for hydroxylation is 1. The average Bonchev–Trinajstić information content (AvgIpc) is 2.65.